The van der Waals surface area contributed by atoms with Crippen LogP contribution in [0.3, 0.4) is 0 Å². The first kappa shape index (κ1) is 19.5. The highest BCUT2D eigenvalue weighted by Crippen LogP contribution is 2.36. The number of hydrogen-bond acceptors (Lipinski definition) is 4. The fourth-order valence-electron chi connectivity index (χ4n) is 4.34. The summed E-state index contributed by atoms with van der Waals surface area (Å²) in [6, 6.07) is 3.79. The molecule has 0 spiro atoms. The summed E-state index contributed by atoms with van der Waals surface area (Å²) in [4.78, 5) is 17.7. The highest BCUT2D eigenvalue weighted by molar-refractivity contribution is 7.99. The van der Waals surface area contributed by atoms with E-state index in [2.05, 4.69) is 40.9 Å². The molecule has 1 atom stereocenters. The van der Waals surface area contributed by atoms with E-state index in [1.807, 2.05) is 18.3 Å². The van der Waals surface area contributed by atoms with Crippen molar-refractivity contribution >= 4 is 17.7 Å². The molecule has 1 fully saturated rings. The van der Waals surface area contributed by atoms with Gasteiger partial charge in [-0.2, -0.15) is 5.10 Å². The van der Waals surface area contributed by atoms with Crippen molar-refractivity contribution < 1.29 is 4.79 Å². The zero-order valence-electron chi connectivity index (χ0n) is 17.1. The quantitative estimate of drug-likeness (QED) is 0.798. The van der Waals surface area contributed by atoms with E-state index < -0.39 is 0 Å². The summed E-state index contributed by atoms with van der Waals surface area (Å²) in [5.74, 6) is -0.0186. The van der Waals surface area contributed by atoms with Gasteiger partial charge >= 0.3 is 0 Å². The van der Waals surface area contributed by atoms with Gasteiger partial charge in [-0.25, -0.2) is 4.98 Å². The lowest BCUT2D eigenvalue weighted by atomic mass is 9.92. The molecule has 0 aromatic carbocycles. The Kier molecular flexibility index (Phi) is 5.50. The van der Waals surface area contributed by atoms with E-state index in [1.165, 1.54) is 36.9 Å². The van der Waals surface area contributed by atoms with E-state index in [-0.39, 0.29) is 17.5 Å². The van der Waals surface area contributed by atoms with Crippen LogP contribution in [0.25, 0.3) is 0 Å². The number of nitrogens with one attached hydrogen (secondary N) is 1. The summed E-state index contributed by atoms with van der Waals surface area (Å²) in [5, 5.41) is 9.37. The molecular formula is C22H30N4OS. The third kappa shape index (κ3) is 3.97. The van der Waals surface area contributed by atoms with Crippen LogP contribution in [0.4, 0.5) is 0 Å². The van der Waals surface area contributed by atoms with Crippen molar-refractivity contribution in [2.45, 2.75) is 87.6 Å². The Balaban J connectivity index is 1.53. The highest BCUT2D eigenvalue weighted by Gasteiger charge is 2.30. The average molecular weight is 399 g/mol. The van der Waals surface area contributed by atoms with E-state index >= 15 is 0 Å². The summed E-state index contributed by atoms with van der Waals surface area (Å²) < 4.78 is 2.12. The number of pyridine rings is 1. The molecule has 2 heterocycles. The van der Waals surface area contributed by atoms with Gasteiger partial charge in [0.15, 0.2) is 0 Å². The zero-order valence-corrected chi connectivity index (χ0v) is 17.9. The van der Waals surface area contributed by atoms with Crippen LogP contribution in [0.15, 0.2) is 29.6 Å². The average Bonchev–Trinajstić information content (AvgIpc) is 3.31. The first-order valence-corrected chi connectivity index (χ1v) is 11.3. The van der Waals surface area contributed by atoms with Crippen molar-refractivity contribution in [1.29, 1.82) is 0 Å². The van der Waals surface area contributed by atoms with E-state index in [4.69, 9.17) is 0 Å². The SMILES string of the molecule is CC(C)(C)n1ncc2c1CCCC2NC(=O)c1cccnc1SC1CCCC1. The standard InChI is InChI=1S/C22H30N4OS/c1-22(2,3)26-19-12-6-11-18(17(19)14-24-26)25-20(27)16-10-7-13-23-21(16)28-15-8-4-5-9-15/h7,10,13-15,18H,4-6,8-9,11-12H2,1-3H3,(H,25,27). The van der Waals surface area contributed by atoms with Gasteiger partial charge in [-0.1, -0.05) is 12.8 Å². The Morgan fingerprint density at radius 2 is 2.00 bits per heavy atom. The van der Waals surface area contributed by atoms with Crippen molar-refractivity contribution in [3.8, 4) is 0 Å². The predicted molar refractivity (Wildman–Crippen MR) is 113 cm³/mol. The number of carbonyl (C=O) groups excluding carboxylic acids is 1. The van der Waals surface area contributed by atoms with Crippen LogP contribution in [0.2, 0.25) is 0 Å². The molecule has 1 saturated carbocycles. The lowest BCUT2D eigenvalue weighted by molar-refractivity contribution is 0.0929. The van der Waals surface area contributed by atoms with E-state index in [9.17, 15) is 4.79 Å². The van der Waals surface area contributed by atoms with Crippen LogP contribution >= 0.6 is 11.8 Å². The highest BCUT2D eigenvalue weighted by atomic mass is 32.2. The molecule has 1 N–H and O–H groups in total. The van der Waals surface area contributed by atoms with E-state index in [0.29, 0.717) is 10.8 Å². The van der Waals surface area contributed by atoms with Gasteiger partial charge in [-0.05, 0) is 65.0 Å². The molecule has 0 aliphatic heterocycles. The number of fused-ring (bicyclic) bond motifs is 1. The molecule has 2 aromatic rings. The number of hydrogen-bond donors (Lipinski definition) is 1. The van der Waals surface area contributed by atoms with Gasteiger partial charge in [0.2, 0.25) is 0 Å². The third-order valence-electron chi connectivity index (χ3n) is 5.72. The van der Waals surface area contributed by atoms with Gasteiger partial charge in [0.25, 0.3) is 5.91 Å². The summed E-state index contributed by atoms with van der Waals surface area (Å²) in [6.45, 7) is 6.51. The molecule has 1 amide bonds. The summed E-state index contributed by atoms with van der Waals surface area (Å²) >= 11 is 1.77. The van der Waals surface area contributed by atoms with Crippen LogP contribution in [0.1, 0.15) is 87.0 Å². The van der Waals surface area contributed by atoms with E-state index in [1.54, 1.807) is 18.0 Å². The van der Waals surface area contributed by atoms with Crippen molar-refractivity contribution in [2.24, 2.45) is 0 Å². The smallest absolute Gasteiger partial charge is 0.254 e. The Bertz CT molecular complexity index is 848. The molecule has 0 bridgehead atoms. The fraction of sp³-hybridized carbons (Fsp3) is 0.591. The molecule has 1 unspecified atom stereocenters. The molecule has 2 aliphatic carbocycles. The van der Waals surface area contributed by atoms with Crippen LogP contribution < -0.4 is 5.32 Å². The monoisotopic (exact) mass is 398 g/mol. The largest absolute Gasteiger partial charge is 0.345 e. The second-order valence-electron chi connectivity index (χ2n) is 8.93. The molecule has 2 aromatic heterocycles. The van der Waals surface area contributed by atoms with Crippen molar-refractivity contribution in [3.63, 3.8) is 0 Å². The van der Waals surface area contributed by atoms with Crippen LogP contribution in [0, 0.1) is 0 Å². The predicted octanol–water partition coefficient (Wildman–Crippen LogP) is 4.88. The van der Waals surface area contributed by atoms with Gasteiger partial charge in [-0.15, -0.1) is 11.8 Å². The fourth-order valence-corrected chi connectivity index (χ4v) is 5.64. The number of carbonyl (C=O) groups is 1. The number of nitrogens with zero attached hydrogens (tertiary/aromatic N) is 3. The molecular weight excluding hydrogens is 368 g/mol. The lowest BCUT2D eigenvalue weighted by Gasteiger charge is -2.28. The Hall–Kier alpha value is -1.82. The van der Waals surface area contributed by atoms with Crippen molar-refractivity contribution in [3.05, 3.63) is 41.3 Å². The maximum Gasteiger partial charge on any atom is 0.254 e. The van der Waals surface area contributed by atoms with Gasteiger partial charge in [0.1, 0.15) is 5.03 Å². The lowest BCUT2D eigenvalue weighted by Crippen LogP contribution is -2.33. The second-order valence-corrected chi connectivity index (χ2v) is 10.2. The minimum atomic E-state index is -0.0477. The minimum Gasteiger partial charge on any atom is -0.345 e. The van der Waals surface area contributed by atoms with Crippen LogP contribution in [0.5, 0.6) is 0 Å². The summed E-state index contributed by atoms with van der Waals surface area (Å²) in [5.41, 5.74) is 3.09. The van der Waals surface area contributed by atoms with Gasteiger partial charge in [0, 0.05) is 22.7 Å². The molecule has 0 radical (unpaired) electrons. The molecule has 0 saturated heterocycles. The maximum absolute atomic E-state index is 13.1. The minimum absolute atomic E-state index is 0.0186. The zero-order chi connectivity index (χ0) is 19.7. The van der Waals surface area contributed by atoms with Crippen molar-refractivity contribution in [1.82, 2.24) is 20.1 Å². The Morgan fingerprint density at radius 3 is 2.75 bits per heavy atom. The number of amides is 1. The van der Waals surface area contributed by atoms with Gasteiger partial charge in [-0.3, -0.25) is 9.48 Å². The normalized spacial score (nSPS) is 20.2. The van der Waals surface area contributed by atoms with Gasteiger partial charge in [0.05, 0.1) is 23.3 Å². The Labute approximate surface area is 171 Å². The summed E-state index contributed by atoms with van der Waals surface area (Å²) in [6.07, 6.45) is 11.8. The van der Waals surface area contributed by atoms with Gasteiger partial charge < -0.3 is 5.32 Å². The number of aromatic nitrogens is 3. The molecule has 6 heteroatoms. The number of rotatable bonds is 4. The molecule has 150 valence electrons. The second kappa shape index (κ2) is 7.90. The van der Waals surface area contributed by atoms with Crippen LogP contribution in [-0.2, 0) is 12.0 Å². The molecule has 2 aliphatic rings. The molecule has 5 nitrogen and oxygen atoms in total. The topological polar surface area (TPSA) is 59.8 Å². The third-order valence-corrected chi connectivity index (χ3v) is 7.07. The maximum atomic E-state index is 13.1. The summed E-state index contributed by atoms with van der Waals surface area (Å²) in [7, 11) is 0. The van der Waals surface area contributed by atoms with E-state index in [0.717, 1.165) is 24.3 Å². The molecule has 28 heavy (non-hydrogen) atoms. The first-order valence-electron chi connectivity index (χ1n) is 10.4. The first-order chi connectivity index (χ1) is 13.4. The number of thioether (sulfide) groups is 1. The van der Waals surface area contributed by atoms with Crippen LogP contribution in [-0.4, -0.2) is 25.9 Å². The molecule has 4 rings (SSSR count). The van der Waals surface area contributed by atoms with Crippen molar-refractivity contribution in [2.75, 3.05) is 0 Å². The Morgan fingerprint density at radius 1 is 1.21 bits per heavy atom.